The van der Waals surface area contributed by atoms with Gasteiger partial charge in [0.15, 0.2) is 10.3 Å². The lowest BCUT2D eigenvalue weighted by atomic mass is 10.0. The molecule has 162 valence electrons. The topological polar surface area (TPSA) is 92.0 Å². The van der Waals surface area contributed by atoms with Crippen molar-refractivity contribution in [3.63, 3.8) is 0 Å². The van der Waals surface area contributed by atoms with E-state index in [0.29, 0.717) is 28.8 Å². The van der Waals surface area contributed by atoms with Crippen LogP contribution in [0.2, 0.25) is 0 Å². The number of nitrogens with one attached hydrogen (secondary N) is 2. The zero-order chi connectivity index (χ0) is 21.6. The van der Waals surface area contributed by atoms with Gasteiger partial charge >= 0.3 is 0 Å². The SMILES string of the molecule is Cc1ccc(CNC(=S)Nc2nc(Sc3ncccn3)cc(N3CCCC[C@H]3C)n2)o1. The first-order valence-corrected chi connectivity index (χ1v) is 11.5. The van der Waals surface area contributed by atoms with Crippen LogP contribution in [0.5, 0.6) is 0 Å². The second kappa shape index (κ2) is 10.1. The summed E-state index contributed by atoms with van der Waals surface area (Å²) in [6.45, 7) is 5.61. The average Bonchev–Trinajstić information content (AvgIpc) is 3.18. The molecule has 3 aromatic heterocycles. The molecule has 1 fully saturated rings. The second-order valence-electron chi connectivity index (χ2n) is 7.38. The summed E-state index contributed by atoms with van der Waals surface area (Å²) in [5.74, 6) is 3.01. The van der Waals surface area contributed by atoms with E-state index in [4.69, 9.17) is 21.6 Å². The van der Waals surface area contributed by atoms with E-state index in [2.05, 4.69) is 37.4 Å². The zero-order valence-corrected chi connectivity index (χ0v) is 19.2. The van der Waals surface area contributed by atoms with E-state index in [1.807, 2.05) is 25.1 Å². The van der Waals surface area contributed by atoms with Crippen LogP contribution in [0.1, 0.15) is 37.7 Å². The van der Waals surface area contributed by atoms with Crippen LogP contribution in [-0.4, -0.2) is 37.6 Å². The molecule has 1 saturated heterocycles. The summed E-state index contributed by atoms with van der Waals surface area (Å²) in [5, 5.41) is 8.09. The molecule has 0 amide bonds. The van der Waals surface area contributed by atoms with Gasteiger partial charge in [0.1, 0.15) is 22.4 Å². The maximum atomic E-state index is 5.57. The van der Waals surface area contributed by atoms with Gasteiger partial charge in [-0.05, 0) is 75.3 Å². The van der Waals surface area contributed by atoms with Crippen molar-refractivity contribution in [2.24, 2.45) is 0 Å². The Morgan fingerprint density at radius 2 is 2.10 bits per heavy atom. The third-order valence-electron chi connectivity index (χ3n) is 4.97. The highest BCUT2D eigenvalue weighted by molar-refractivity contribution is 7.99. The van der Waals surface area contributed by atoms with Crippen LogP contribution in [0.25, 0.3) is 0 Å². The van der Waals surface area contributed by atoms with Crippen LogP contribution >= 0.6 is 24.0 Å². The molecule has 4 heterocycles. The summed E-state index contributed by atoms with van der Waals surface area (Å²) in [6.07, 6.45) is 6.99. The van der Waals surface area contributed by atoms with E-state index >= 15 is 0 Å². The molecule has 2 N–H and O–H groups in total. The molecule has 0 spiro atoms. The molecule has 1 aliphatic rings. The number of aryl methyl sites for hydroxylation is 1. The molecule has 0 bridgehead atoms. The Bertz CT molecular complexity index is 1030. The fourth-order valence-corrected chi connectivity index (χ4v) is 4.31. The maximum absolute atomic E-state index is 5.57. The highest BCUT2D eigenvalue weighted by Crippen LogP contribution is 2.29. The van der Waals surface area contributed by atoms with Crippen LogP contribution in [0.3, 0.4) is 0 Å². The zero-order valence-electron chi connectivity index (χ0n) is 17.5. The minimum absolute atomic E-state index is 0.426. The van der Waals surface area contributed by atoms with E-state index in [0.717, 1.165) is 41.8 Å². The van der Waals surface area contributed by atoms with Gasteiger partial charge in [-0.15, -0.1) is 0 Å². The molecule has 31 heavy (non-hydrogen) atoms. The lowest BCUT2D eigenvalue weighted by molar-refractivity contribution is 0.478. The number of thiocarbonyl (C=S) groups is 1. The minimum Gasteiger partial charge on any atom is -0.465 e. The van der Waals surface area contributed by atoms with Crippen molar-refractivity contribution in [1.82, 2.24) is 25.3 Å². The monoisotopic (exact) mass is 455 g/mol. The molecule has 8 nitrogen and oxygen atoms in total. The maximum Gasteiger partial charge on any atom is 0.232 e. The van der Waals surface area contributed by atoms with Crippen molar-refractivity contribution in [3.05, 3.63) is 48.2 Å². The number of hydrogen-bond donors (Lipinski definition) is 2. The number of furan rings is 1. The molecule has 0 radical (unpaired) electrons. The molecule has 0 saturated carbocycles. The molecular weight excluding hydrogens is 430 g/mol. The Morgan fingerprint density at radius 3 is 2.84 bits per heavy atom. The quantitative estimate of drug-likeness (QED) is 0.320. The normalized spacial score (nSPS) is 16.2. The first-order chi connectivity index (χ1) is 15.1. The smallest absolute Gasteiger partial charge is 0.232 e. The fourth-order valence-electron chi connectivity index (χ4n) is 3.43. The van der Waals surface area contributed by atoms with E-state index in [9.17, 15) is 0 Å². The summed E-state index contributed by atoms with van der Waals surface area (Å²) in [5.41, 5.74) is 0. The van der Waals surface area contributed by atoms with Crippen LogP contribution < -0.4 is 15.5 Å². The van der Waals surface area contributed by atoms with Crippen LogP contribution in [-0.2, 0) is 6.54 Å². The van der Waals surface area contributed by atoms with Gasteiger partial charge in [0.05, 0.1) is 6.54 Å². The van der Waals surface area contributed by atoms with Crippen molar-refractivity contribution in [3.8, 4) is 0 Å². The predicted octanol–water partition coefficient (Wildman–Crippen LogP) is 4.18. The van der Waals surface area contributed by atoms with Crippen LogP contribution in [0.4, 0.5) is 11.8 Å². The molecule has 1 aliphatic heterocycles. The van der Waals surface area contributed by atoms with Gasteiger partial charge in [-0.25, -0.2) is 15.0 Å². The Hall–Kier alpha value is -2.72. The van der Waals surface area contributed by atoms with Crippen molar-refractivity contribution in [2.45, 2.75) is 55.9 Å². The summed E-state index contributed by atoms with van der Waals surface area (Å²) in [6, 6.07) is 8.07. The third kappa shape index (κ3) is 5.92. The molecule has 1 atom stereocenters. The van der Waals surface area contributed by atoms with Gasteiger partial charge in [0, 0.05) is 31.0 Å². The Kier molecular flexibility index (Phi) is 6.98. The summed E-state index contributed by atoms with van der Waals surface area (Å²) in [4.78, 5) is 20.3. The molecule has 3 aromatic rings. The van der Waals surface area contributed by atoms with Gasteiger partial charge in [-0.1, -0.05) is 0 Å². The first-order valence-electron chi connectivity index (χ1n) is 10.3. The molecule has 0 aliphatic carbocycles. The number of aromatic nitrogens is 4. The van der Waals surface area contributed by atoms with Crippen molar-refractivity contribution in [2.75, 3.05) is 16.8 Å². The Morgan fingerprint density at radius 1 is 1.26 bits per heavy atom. The van der Waals surface area contributed by atoms with E-state index in [1.165, 1.54) is 18.2 Å². The van der Waals surface area contributed by atoms with E-state index in [-0.39, 0.29) is 0 Å². The fraction of sp³-hybridized carbons (Fsp3) is 0.381. The number of hydrogen-bond acceptors (Lipinski definition) is 8. The number of rotatable bonds is 6. The van der Waals surface area contributed by atoms with Crippen LogP contribution in [0, 0.1) is 6.92 Å². The minimum atomic E-state index is 0.426. The van der Waals surface area contributed by atoms with Crippen molar-refractivity contribution < 1.29 is 4.42 Å². The van der Waals surface area contributed by atoms with Crippen molar-refractivity contribution >= 4 is 40.9 Å². The van der Waals surface area contributed by atoms with Gasteiger partial charge in [0.2, 0.25) is 5.95 Å². The van der Waals surface area contributed by atoms with E-state index in [1.54, 1.807) is 18.5 Å². The lowest BCUT2D eigenvalue weighted by Gasteiger charge is -2.34. The summed E-state index contributed by atoms with van der Waals surface area (Å²) in [7, 11) is 0. The summed E-state index contributed by atoms with van der Waals surface area (Å²) >= 11 is 6.85. The van der Waals surface area contributed by atoms with Gasteiger partial charge in [-0.3, -0.25) is 0 Å². The number of nitrogens with zero attached hydrogens (tertiary/aromatic N) is 5. The molecular formula is C21H25N7OS2. The number of piperidine rings is 1. The highest BCUT2D eigenvalue weighted by atomic mass is 32.2. The van der Waals surface area contributed by atoms with Gasteiger partial charge in [-0.2, -0.15) is 4.98 Å². The molecule has 4 rings (SSSR count). The molecule has 0 aromatic carbocycles. The predicted molar refractivity (Wildman–Crippen MR) is 125 cm³/mol. The second-order valence-corrected chi connectivity index (χ2v) is 8.78. The first kappa shape index (κ1) is 21.5. The Labute approximate surface area is 191 Å². The number of anilines is 2. The standard InChI is InChI=1S/C21H25N7OS2/c1-14-6-3-4-11-28(14)17-12-18(31-21-22-9-5-10-23-21)26-19(25-17)27-20(30)24-13-16-8-7-15(2)29-16/h5,7-10,12,14H,3-4,6,11,13H2,1-2H3,(H2,24,25,26,27,30)/t14-/m1/s1. The van der Waals surface area contributed by atoms with E-state index < -0.39 is 0 Å². The third-order valence-corrected chi connectivity index (χ3v) is 6.03. The van der Waals surface area contributed by atoms with Crippen molar-refractivity contribution in [1.29, 1.82) is 0 Å². The largest absolute Gasteiger partial charge is 0.465 e. The average molecular weight is 456 g/mol. The summed E-state index contributed by atoms with van der Waals surface area (Å²) < 4.78 is 5.57. The Balaban J connectivity index is 1.52. The van der Waals surface area contributed by atoms with Crippen LogP contribution in [0.15, 0.2) is 51.3 Å². The molecule has 10 heteroatoms. The lowest BCUT2D eigenvalue weighted by Crippen LogP contribution is -2.38. The van der Waals surface area contributed by atoms with Gasteiger partial charge in [0.25, 0.3) is 0 Å². The molecule has 0 unspecified atom stereocenters. The highest BCUT2D eigenvalue weighted by Gasteiger charge is 2.21. The van der Waals surface area contributed by atoms with Gasteiger partial charge < -0.3 is 20.0 Å².